The summed E-state index contributed by atoms with van der Waals surface area (Å²) in [6, 6.07) is 10.1. The lowest BCUT2D eigenvalue weighted by molar-refractivity contribution is 0.590. The third-order valence-electron chi connectivity index (χ3n) is 3.17. The van der Waals surface area contributed by atoms with Crippen LogP contribution in [0.15, 0.2) is 45.2 Å². The molecule has 5 nitrogen and oxygen atoms in total. The summed E-state index contributed by atoms with van der Waals surface area (Å²) in [6.07, 6.45) is 0. The van der Waals surface area contributed by atoms with E-state index in [2.05, 4.69) is 15.3 Å². The van der Waals surface area contributed by atoms with E-state index >= 15 is 0 Å². The second-order valence-corrected chi connectivity index (χ2v) is 4.98. The fourth-order valence-electron chi connectivity index (χ4n) is 2.16. The van der Waals surface area contributed by atoms with E-state index in [1.165, 1.54) is 18.2 Å². The van der Waals surface area contributed by atoms with Crippen molar-refractivity contribution >= 4 is 45.8 Å². The number of oxazole rings is 2. The van der Waals surface area contributed by atoms with Gasteiger partial charge in [0, 0.05) is 11.9 Å². The van der Waals surface area contributed by atoms with Crippen molar-refractivity contribution in [2.24, 2.45) is 0 Å². The van der Waals surface area contributed by atoms with Crippen molar-refractivity contribution in [1.29, 1.82) is 0 Å². The van der Waals surface area contributed by atoms with Crippen molar-refractivity contribution < 1.29 is 13.2 Å². The van der Waals surface area contributed by atoms with Crippen LogP contribution in [0, 0.1) is 5.82 Å². The molecule has 110 valence electrons. The molecule has 0 saturated heterocycles. The van der Waals surface area contributed by atoms with Gasteiger partial charge in [-0.15, -0.1) is 11.6 Å². The summed E-state index contributed by atoms with van der Waals surface area (Å²) in [5, 5.41) is 2.83. The number of aromatic nitrogens is 2. The SMILES string of the molecule is Fc1ccc2oc(Nc3nc4cc(CCl)ccc4o3)nc2c1. The molecule has 4 aromatic rings. The fourth-order valence-corrected chi connectivity index (χ4v) is 2.32. The molecule has 4 rings (SSSR count). The number of fused-ring (bicyclic) bond motifs is 2. The Labute approximate surface area is 128 Å². The maximum atomic E-state index is 13.1. The number of benzene rings is 2. The Bertz CT molecular complexity index is 979. The highest BCUT2D eigenvalue weighted by atomic mass is 35.5. The Morgan fingerprint density at radius 2 is 1.59 bits per heavy atom. The number of rotatable bonds is 3. The maximum Gasteiger partial charge on any atom is 0.303 e. The maximum absolute atomic E-state index is 13.1. The van der Waals surface area contributed by atoms with Crippen molar-refractivity contribution in [3.8, 4) is 0 Å². The fraction of sp³-hybridized carbons (Fsp3) is 0.0667. The van der Waals surface area contributed by atoms with Gasteiger partial charge in [0.2, 0.25) is 0 Å². The molecule has 0 aliphatic carbocycles. The first-order valence-electron chi connectivity index (χ1n) is 6.50. The highest BCUT2D eigenvalue weighted by Gasteiger charge is 2.11. The predicted octanol–water partition coefficient (Wildman–Crippen LogP) is 4.59. The first-order valence-corrected chi connectivity index (χ1v) is 7.03. The molecule has 0 unspecified atom stereocenters. The zero-order chi connectivity index (χ0) is 15.1. The second-order valence-electron chi connectivity index (χ2n) is 4.71. The molecular formula is C15H9ClFN3O2. The van der Waals surface area contributed by atoms with Gasteiger partial charge in [0.1, 0.15) is 16.9 Å². The molecule has 2 aromatic carbocycles. The van der Waals surface area contributed by atoms with Gasteiger partial charge in [-0.25, -0.2) is 4.39 Å². The number of hydrogen-bond acceptors (Lipinski definition) is 5. The van der Waals surface area contributed by atoms with E-state index in [1.54, 1.807) is 6.07 Å². The number of anilines is 2. The summed E-state index contributed by atoms with van der Waals surface area (Å²) in [5.74, 6) is 0.0326. The quantitative estimate of drug-likeness (QED) is 0.560. The summed E-state index contributed by atoms with van der Waals surface area (Å²) < 4.78 is 24.1. The molecule has 0 fully saturated rings. The standard InChI is InChI=1S/C15H9ClFN3O2/c16-7-8-1-3-12-10(5-8)18-14(21-12)20-15-19-11-6-9(17)2-4-13(11)22-15/h1-6H,7H2,(H,18,19,20). The number of nitrogens with zero attached hydrogens (tertiary/aromatic N) is 2. The summed E-state index contributed by atoms with van der Waals surface area (Å²) in [5.41, 5.74) is 3.15. The molecule has 0 radical (unpaired) electrons. The van der Waals surface area contributed by atoms with Gasteiger partial charge in [0.25, 0.3) is 0 Å². The van der Waals surface area contributed by atoms with E-state index in [1.807, 2.05) is 12.1 Å². The smallest absolute Gasteiger partial charge is 0.303 e. The number of halogens is 2. The zero-order valence-corrected chi connectivity index (χ0v) is 11.9. The predicted molar refractivity (Wildman–Crippen MR) is 80.8 cm³/mol. The van der Waals surface area contributed by atoms with Gasteiger partial charge in [-0.2, -0.15) is 9.97 Å². The zero-order valence-electron chi connectivity index (χ0n) is 11.1. The highest BCUT2D eigenvalue weighted by molar-refractivity contribution is 6.17. The van der Waals surface area contributed by atoms with Crippen LogP contribution in [0.25, 0.3) is 22.2 Å². The third-order valence-corrected chi connectivity index (χ3v) is 3.48. The van der Waals surface area contributed by atoms with Crippen LogP contribution in [-0.2, 0) is 5.88 Å². The van der Waals surface area contributed by atoms with Crippen LogP contribution in [0.2, 0.25) is 0 Å². The van der Waals surface area contributed by atoms with Crippen LogP contribution in [0.4, 0.5) is 16.4 Å². The van der Waals surface area contributed by atoms with Gasteiger partial charge < -0.3 is 8.83 Å². The average Bonchev–Trinajstić information content (AvgIpc) is 3.08. The lowest BCUT2D eigenvalue weighted by Gasteiger charge is -1.92. The number of alkyl halides is 1. The van der Waals surface area contributed by atoms with Gasteiger partial charge >= 0.3 is 12.0 Å². The van der Waals surface area contributed by atoms with Crippen molar-refractivity contribution in [2.75, 3.05) is 5.32 Å². The van der Waals surface area contributed by atoms with Crippen LogP contribution in [-0.4, -0.2) is 9.97 Å². The largest absolute Gasteiger partial charge is 0.423 e. The Kier molecular flexibility index (Phi) is 2.97. The molecule has 0 spiro atoms. The van der Waals surface area contributed by atoms with E-state index in [4.69, 9.17) is 20.4 Å². The molecule has 0 amide bonds. The van der Waals surface area contributed by atoms with E-state index in [0.717, 1.165) is 5.56 Å². The van der Waals surface area contributed by atoms with E-state index in [0.29, 0.717) is 28.1 Å². The normalized spacial score (nSPS) is 11.4. The molecule has 0 saturated carbocycles. The Hall–Kier alpha value is -2.60. The minimum atomic E-state index is -0.372. The molecule has 1 N–H and O–H groups in total. The van der Waals surface area contributed by atoms with Crippen molar-refractivity contribution in [3.05, 3.63) is 47.8 Å². The third kappa shape index (κ3) is 2.27. The Balaban J connectivity index is 1.69. The van der Waals surface area contributed by atoms with Crippen LogP contribution in [0.1, 0.15) is 5.56 Å². The van der Waals surface area contributed by atoms with Crippen LogP contribution >= 0.6 is 11.6 Å². The van der Waals surface area contributed by atoms with Crippen molar-refractivity contribution in [2.45, 2.75) is 5.88 Å². The van der Waals surface area contributed by atoms with E-state index in [9.17, 15) is 4.39 Å². The average molecular weight is 318 g/mol. The number of hydrogen-bond donors (Lipinski definition) is 1. The molecule has 2 aromatic heterocycles. The minimum Gasteiger partial charge on any atom is -0.423 e. The number of nitrogens with one attached hydrogen (secondary N) is 1. The Morgan fingerprint density at radius 3 is 2.27 bits per heavy atom. The van der Waals surface area contributed by atoms with Crippen LogP contribution in [0.5, 0.6) is 0 Å². The highest BCUT2D eigenvalue weighted by Crippen LogP contribution is 2.25. The monoisotopic (exact) mass is 317 g/mol. The first kappa shape index (κ1) is 13.1. The van der Waals surface area contributed by atoms with Gasteiger partial charge in [-0.05, 0) is 29.8 Å². The lowest BCUT2D eigenvalue weighted by Crippen LogP contribution is -1.89. The van der Waals surface area contributed by atoms with Gasteiger partial charge in [-0.1, -0.05) is 6.07 Å². The molecule has 22 heavy (non-hydrogen) atoms. The summed E-state index contributed by atoms with van der Waals surface area (Å²) in [6.45, 7) is 0. The molecule has 0 aliphatic rings. The van der Waals surface area contributed by atoms with Crippen LogP contribution in [0.3, 0.4) is 0 Å². The van der Waals surface area contributed by atoms with Crippen LogP contribution < -0.4 is 5.32 Å². The minimum absolute atomic E-state index is 0.185. The summed E-state index contributed by atoms with van der Waals surface area (Å²) in [4.78, 5) is 8.43. The summed E-state index contributed by atoms with van der Waals surface area (Å²) in [7, 11) is 0. The van der Waals surface area contributed by atoms with Crippen molar-refractivity contribution in [1.82, 2.24) is 9.97 Å². The molecule has 0 atom stereocenters. The lowest BCUT2D eigenvalue weighted by atomic mass is 10.2. The molecule has 7 heteroatoms. The molecule has 0 bridgehead atoms. The van der Waals surface area contributed by atoms with Gasteiger partial charge in [0.15, 0.2) is 11.2 Å². The first-order chi connectivity index (χ1) is 10.7. The second kappa shape index (κ2) is 4.99. The molecule has 0 aliphatic heterocycles. The molecular weight excluding hydrogens is 309 g/mol. The molecule has 2 heterocycles. The summed E-state index contributed by atoms with van der Waals surface area (Å²) >= 11 is 5.79. The van der Waals surface area contributed by atoms with Crippen molar-refractivity contribution in [3.63, 3.8) is 0 Å². The topological polar surface area (TPSA) is 64.1 Å². The Morgan fingerprint density at radius 1 is 0.955 bits per heavy atom. The van der Waals surface area contributed by atoms with E-state index < -0.39 is 0 Å². The van der Waals surface area contributed by atoms with Gasteiger partial charge in [-0.3, -0.25) is 5.32 Å². The van der Waals surface area contributed by atoms with E-state index in [-0.39, 0.29) is 17.8 Å². The van der Waals surface area contributed by atoms with Gasteiger partial charge in [0.05, 0.1) is 0 Å².